The minimum atomic E-state index is -0.239. The van der Waals surface area contributed by atoms with E-state index in [0.29, 0.717) is 6.54 Å². The van der Waals surface area contributed by atoms with Gasteiger partial charge in [-0.2, -0.15) is 0 Å². The third-order valence-corrected chi connectivity index (χ3v) is 4.17. The molecule has 0 radical (unpaired) electrons. The minimum Gasteiger partial charge on any atom is -0.392 e. The molecule has 1 saturated carbocycles. The van der Waals surface area contributed by atoms with Crippen molar-refractivity contribution in [3.05, 3.63) is 18.0 Å². The maximum absolute atomic E-state index is 10.2. The molecule has 6 heteroatoms. The Hall–Kier alpha value is -1.56. The highest BCUT2D eigenvalue weighted by Crippen LogP contribution is 2.35. The molecule has 118 valence electrons. The van der Waals surface area contributed by atoms with E-state index in [0.717, 1.165) is 44.0 Å². The molecule has 3 N–H and O–H groups in total. The summed E-state index contributed by atoms with van der Waals surface area (Å²) >= 11 is 0. The molecule has 1 aliphatic rings. The molecule has 0 bridgehead atoms. The highest BCUT2D eigenvalue weighted by atomic mass is 16.5. The van der Waals surface area contributed by atoms with E-state index >= 15 is 0 Å². The first-order valence-electron chi connectivity index (χ1n) is 7.73. The van der Waals surface area contributed by atoms with Crippen molar-refractivity contribution in [3.63, 3.8) is 0 Å². The normalized spacial score (nSPS) is 26.6. The van der Waals surface area contributed by atoms with Gasteiger partial charge in [0, 0.05) is 24.6 Å². The molecule has 6 nitrogen and oxygen atoms in total. The molecule has 1 aromatic rings. The van der Waals surface area contributed by atoms with Crippen LogP contribution < -0.4 is 10.6 Å². The fourth-order valence-electron chi connectivity index (χ4n) is 2.69. The second-order valence-corrected chi connectivity index (χ2v) is 5.96. The number of nitrogens with zero attached hydrogens (tertiary/aromatic N) is 2. The standard InChI is InChI=1S/C15H26N4O2/c1-3-16-14(17-10-12-7-9-21-19-12)18-11-15(2)8-5-4-6-13(15)20/h7,9,13,20H,3-6,8,10-11H2,1-2H3,(H2,16,17,18). The zero-order valence-electron chi connectivity index (χ0n) is 12.9. The van der Waals surface area contributed by atoms with Gasteiger partial charge in [-0.05, 0) is 19.8 Å². The molecule has 0 aromatic carbocycles. The predicted octanol–water partition coefficient (Wildman–Crippen LogP) is 1.67. The Morgan fingerprint density at radius 2 is 2.38 bits per heavy atom. The van der Waals surface area contributed by atoms with Gasteiger partial charge >= 0.3 is 0 Å². The van der Waals surface area contributed by atoms with E-state index in [-0.39, 0.29) is 11.5 Å². The lowest BCUT2D eigenvalue weighted by atomic mass is 9.73. The van der Waals surface area contributed by atoms with E-state index in [1.165, 1.54) is 6.42 Å². The van der Waals surface area contributed by atoms with Crippen LogP contribution in [0.2, 0.25) is 0 Å². The minimum absolute atomic E-state index is 0.0810. The fraction of sp³-hybridized carbons (Fsp3) is 0.733. The summed E-state index contributed by atoms with van der Waals surface area (Å²) in [6.07, 6.45) is 5.55. The van der Waals surface area contributed by atoms with E-state index in [1.807, 2.05) is 6.92 Å². The van der Waals surface area contributed by atoms with Gasteiger partial charge in [0.15, 0.2) is 5.96 Å². The predicted molar refractivity (Wildman–Crippen MR) is 81.9 cm³/mol. The monoisotopic (exact) mass is 294 g/mol. The largest absolute Gasteiger partial charge is 0.392 e. The summed E-state index contributed by atoms with van der Waals surface area (Å²) in [5.41, 5.74) is 0.721. The molecule has 1 fully saturated rings. The number of guanidine groups is 1. The van der Waals surface area contributed by atoms with E-state index < -0.39 is 0 Å². The summed E-state index contributed by atoms with van der Waals surface area (Å²) in [5, 5.41) is 20.6. The van der Waals surface area contributed by atoms with Gasteiger partial charge in [-0.3, -0.25) is 0 Å². The van der Waals surface area contributed by atoms with Gasteiger partial charge in [-0.1, -0.05) is 24.9 Å². The van der Waals surface area contributed by atoms with Crippen molar-refractivity contribution >= 4 is 5.96 Å². The molecule has 2 atom stereocenters. The molecule has 2 unspecified atom stereocenters. The summed E-state index contributed by atoms with van der Waals surface area (Å²) < 4.78 is 4.80. The van der Waals surface area contributed by atoms with Crippen molar-refractivity contribution in [2.24, 2.45) is 10.4 Å². The maximum atomic E-state index is 10.2. The third kappa shape index (κ3) is 4.46. The zero-order valence-corrected chi connectivity index (χ0v) is 12.9. The van der Waals surface area contributed by atoms with Crippen LogP contribution in [0.1, 0.15) is 45.2 Å². The van der Waals surface area contributed by atoms with Gasteiger partial charge in [0.1, 0.15) is 12.0 Å². The van der Waals surface area contributed by atoms with Gasteiger partial charge in [-0.25, -0.2) is 4.99 Å². The molecule has 1 aromatic heterocycles. The van der Waals surface area contributed by atoms with Crippen molar-refractivity contribution < 1.29 is 9.63 Å². The lowest BCUT2D eigenvalue weighted by Crippen LogP contribution is -2.48. The maximum Gasteiger partial charge on any atom is 0.191 e. The Labute approximate surface area is 126 Å². The summed E-state index contributed by atoms with van der Waals surface area (Å²) in [5.74, 6) is 0.750. The number of aliphatic imine (C=N–C) groups is 1. The summed E-state index contributed by atoms with van der Waals surface area (Å²) in [4.78, 5) is 4.49. The lowest BCUT2D eigenvalue weighted by molar-refractivity contribution is 0.00397. The average Bonchev–Trinajstić information content (AvgIpc) is 2.99. The van der Waals surface area contributed by atoms with Crippen LogP contribution in [-0.4, -0.2) is 35.4 Å². The molecule has 1 aliphatic carbocycles. The number of nitrogens with one attached hydrogen (secondary N) is 2. The van der Waals surface area contributed by atoms with Crippen LogP contribution in [0.15, 0.2) is 21.8 Å². The molecule has 1 heterocycles. The van der Waals surface area contributed by atoms with Crippen molar-refractivity contribution in [1.82, 2.24) is 15.8 Å². The van der Waals surface area contributed by atoms with Crippen molar-refractivity contribution in [2.45, 2.75) is 52.2 Å². The van der Waals surface area contributed by atoms with Crippen molar-refractivity contribution in [3.8, 4) is 0 Å². The molecular formula is C15H26N4O2. The molecule has 0 saturated heterocycles. The average molecular weight is 294 g/mol. The highest BCUT2D eigenvalue weighted by Gasteiger charge is 2.35. The molecule has 2 rings (SSSR count). The Balaban J connectivity index is 1.91. The van der Waals surface area contributed by atoms with Crippen LogP contribution in [0.3, 0.4) is 0 Å². The van der Waals surface area contributed by atoms with Crippen LogP contribution in [0, 0.1) is 5.41 Å². The van der Waals surface area contributed by atoms with Gasteiger partial charge in [0.05, 0.1) is 12.6 Å². The number of aliphatic hydroxyl groups is 1. The second-order valence-electron chi connectivity index (χ2n) is 5.96. The number of aliphatic hydroxyl groups excluding tert-OH is 1. The van der Waals surface area contributed by atoms with E-state index in [4.69, 9.17) is 4.52 Å². The van der Waals surface area contributed by atoms with Gasteiger partial charge < -0.3 is 20.3 Å². The first-order chi connectivity index (χ1) is 10.1. The Morgan fingerprint density at radius 3 is 3.05 bits per heavy atom. The first kappa shape index (κ1) is 15.8. The van der Waals surface area contributed by atoms with Gasteiger partial charge in [0.2, 0.25) is 0 Å². The van der Waals surface area contributed by atoms with Crippen LogP contribution in [-0.2, 0) is 6.54 Å². The van der Waals surface area contributed by atoms with Crippen molar-refractivity contribution in [2.75, 3.05) is 13.1 Å². The molecule has 0 amide bonds. The molecule has 0 spiro atoms. The van der Waals surface area contributed by atoms with Crippen LogP contribution in [0.25, 0.3) is 0 Å². The SMILES string of the molecule is CCNC(=NCc1ccon1)NCC1(C)CCCCC1O. The molecule has 0 aliphatic heterocycles. The smallest absolute Gasteiger partial charge is 0.191 e. The topological polar surface area (TPSA) is 82.7 Å². The van der Waals surface area contributed by atoms with Crippen LogP contribution >= 0.6 is 0 Å². The quantitative estimate of drug-likeness (QED) is 0.568. The van der Waals surface area contributed by atoms with Crippen LogP contribution in [0.5, 0.6) is 0 Å². The Morgan fingerprint density at radius 1 is 1.52 bits per heavy atom. The van der Waals surface area contributed by atoms with Gasteiger partial charge in [-0.15, -0.1) is 0 Å². The first-order valence-corrected chi connectivity index (χ1v) is 7.73. The second kappa shape index (κ2) is 7.45. The lowest BCUT2D eigenvalue weighted by Gasteiger charge is -2.38. The van der Waals surface area contributed by atoms with E-state index in [2.05, 4.69) is 27.7 Å². The zero-order chi connectivity index (χ0) is 15.1. The highest BCUT2D eigenvalue weighted by molar-refractivity contribution is 5.79. The molecule has 21 heavy (non-hydrogen) atoms. The number of aromatic nitrogens is 1. The Kier molecular flexibility index (Phi) is 5.61. The number of hydrogen-bond acceptors (Lipinski definition) is 4. The summed E-state index contributed by atoms with van der Waals surface area (Å²) in [6.45, 7) is 6.17. The van der Waals surface area contributed by atoms with E-state index in [1.54, 1.807) is 12.3 Å². The van der Waals surface area contributed by atoms with Gasteiger partial charge in [0.25, 0.3) is 0 Å². The van der Waals surface area contributed by atoms with Crippen LogP contribution in [0.4, 0.5) is 0 Å². The summed E-state index contributed by atoms with van der Waals surface area (Å²) in [7, 11) is 0. The Bertz CT molecular complexity index is 447. The van der Waals surface area contributed by atoms with E-state index in [9.17, 15) is 5.11 Å². The number of rotatable bonds is 5. The number of hydrogen-bond donors (Lipinski definition) is 3. The fourth-order valence-corrected chi connectivity index (χ4v) is 2.69. The summed E-state index contributed by atoms with van der Waals surface area (Å²) in [6, 6.07) is 1.80. The molecular weight excluding hydrogens is 268 g/mol. The third-order valence-electron chi connectivity index (χ3n) is 4.17. The van der Waals surface area contributed by atoms with Crippen molar-refractivity contribution in [1.29, 1.82) is 0 Å².